The minimum absolute atomic E-state index is 0.0514. The summed E-state index contributed by atoms with van der Waals surface area (Å²) in [5.41, 5.74) is 13.7. The Labute approximate surface area is 104 Å². The topological polar surface area (TPSA) is 108 Å². The molecule has 0 saturated carbocycles. The van der Waals surface area contributed by atoms with Crippen LogP contribution in [0.25, 0.3) is 0 Å². The molecule has 0 radical (unpaired) electrons. The van der Waals surface area contributed by atoms with Crippen LogP contribution in [0.2, 0.25) is 0 Å². The standard InChI is InChI=1S/C13H12N4O/c14-7-8-1-2-9(15)5-11(8)17-12-6-10(16)3-4-13(12)18/h1-6,17-18H,15-16H2. The Morgan fingerprint density at radius 1 is 1.00 bits per heavy atom. The Morgan fingerprint density at radius 2 is 1.61 bits per heavy atom. The Balaban J connectivity index is 2.43. The number of benzene rings is 2. The van der Waals surface area contributed by atoms with Crippen molar-refractivity contribution < 1.29 is 5.11 Å². The first-order chi connectivity index (χ1) is 8.60. The second-order valence-corrected chi connectivity index (χ2v) is 3.82. The number of nitrogens with one attached hydrogen (secondary N) is 1. The van der Waals surface area contributed by atoms with Gasteiger partial charge in [0.25, 0.3) is 0 Å². The van der Waals surface area contributed by atoms with Gasteiger partial charge in [-0.2, -0.15) is 5.26 Å². The molecule has 5 heteroatoms. The molecule has 0 aromatic heterocycles. The third kappa shape index (κ3) is 2.28. The molecule has 2 aromatic rings. The molecule has 2 rings (SSSR count). The molecule has 0 saturated heterocycles. The van der Waals surface area contributed by atoms with Crippen molar-refractivity contribution >= 4 is 22.7 Å². The van der Waals surface area contributed by atoms with Crippen LogP contribution in [0.5, 0.6) is 5.75 Å². The Bertz CT molecular complexity index is 631. The largest absolute Gasteiger partial charge is 0.506 e. The molecule has 0 unspecified atom stereocenters. The number of hydrogen-bond acceptors (Lipinski definition) is 5. The van der Waals surface area contributed by atoms with Crippen LogP contribution < -0.4 is 16.8 Å². The molecular weight excluding hydrogens is 228 g/mol. The van der Waals surface area contributed by atoms with Crippen molar-refractivity contribution in [2.45, 2.75) is 0 Å². The number of nitriles is 1. The summed E-state index contributed by atoms with van der Waals surface area (Å²) in [6.07, 6.45) is 0. The second kappa shape index (κ2) is 4.55. The maximum atomic E-state index is 9.70. The van der Waals surface area contributed by atoms with E-state index in [2.05, 4.69) is 5.32 Å². The lowest BCUT2D eigenvalue weighted by atomic mass is 10.1. The van der Waals surface area contributed by atoms with Crippen molar-refractivity contribution in [1.29, 1.82) is 5.26 Å². The normalized spacial score (nSPS) is 9.72. The minimum atomic E-state index is 0.0514. The molecule has 0 aliphatic heterocycles. The summed E-state index contributed by atoms with van der Waals surface area (Å²) in [6.45, 7) is 0. The number of phenolic OH excluding ortho intramolecular Hbond substituents is 1. The van der Waals surface area contributed by atoms with E-state index in [-0.39, 0.29) is 5.75 Å². The van der Waals surface area contributed by atoms with Crippen LogP contribution in [0.3, 0.4) is 0 Å². The zero-order valence-corrected chi connectivity index (χ0v) is 9.51. The maximum Gasteiger partial charge on any atom is 0.139 e. The summed E-state index contributed by atoms with van der Waals surface area (Å²) in [5, 5.41) is 21.6. The molecule has 0 aliphatic carbocycles. The van der Waals surface area contributed by atoms with Crippen LogP contribution in [-0.4, -0.2) is 5.11 Å². The molecule has 0 amide bonds. The lowest BCUT2D eigenvalue weighted by Gasteiger charge is -2.11. The first-order valence-electron chi connectivity index (χ1n) is 5.25. The van der Waals surface area contributed by atoms with Crippen molar-refractivity contribution in [2.75, 3.05) is 16.8 Å². The summed E-state index contributed by atoms with van der Waals surface area (Å²) in [7, 11) is 0. The van der Waals surface area contributed by atoms with E-state index in [9.17, 15) is 5.11 Å². The summed E-state index contributed by atoms with van der Waals surface area (Å²) >= 11 is 0. The van der Waals surface area contributed by atoms with E-state index in [0.717, 1.165) is 0 Å². The molecule has 2 aromatic carbocycles. The number of nitrogens with zero attached hydrogens (tertiary/aromatic N) is 1. The fourth-order valence-corrected chi connectivity index (χ4v) is 1.56. The van der Waals surface area contributed by atoms with Crippen molar-refractivity contribution in [3.63, 3.8) is 0 Å². The first kappa shape index (κ1) is 11.6. The molecule has 0 aliphatic rings. The number of rotatable bonds is 2. The quantitative estimate of drug-likeness (QED) is 0.365. The Morgan fingerprint density at radius 3 is 2.28 bits per heavy atom. The third-order valence-electron chi connectivity index (χ3n) is 2.45. The average Bonchev–Trinajstić information content (AvgIpc) is 2.34. The van der Waals surface area contributed by atoms with E-state index in [4.69, 9.17) is 16.7 Å². The molecule has 5 nitrogen and oxygen atoms in total. The van der Waals surface area contributed by atoms with Gasteiger partial charge in [0.2, 0.25) is 0 Å². The fourth-order valence-electron chi connectivity index (χ4n) is 1.56. The molecule has 0 spiro atoms. The second-order valence-electron chi connectivity index (χ2n) is 3.82. The van der Waals surface area contributed by atoms with Gasteiger partial charge >= 0.3 is 0 Å². The monoisotopic (exact) mass is 240 g/mol. The predicted octanol–water partition coefficient (Wildman–Crippen LogP) is 2.17. The lowest BCUT2D eigenvalue weighted by Crippen LogP contribution is -1.97. The lowest BCUT2D eigenvalue weighted by molar-refractivity contribution is 0.478. The van der Waals surface area contributed by atoms with Crippen molar-refractivity contribution in [2.24, 2.45) is 0 Å². The fraction of sp³-hybridized carbons (Fsp3) is 0. The highest BCUT2D eigenvalue weighted by atomic mass is 16.3. The zero-order valence-electron chi connectivity index (χ0n) is 9.51. The van der Waals surface area contributed by atoms with Gasteiger partial charge in [-0.15, -0.1) is 0 Å². The molecule has 6 N–H and O–H groups in total. The third-order valence-corrected chi connectivity index (χ3v) is 2.45. The number of anilines is 4. The molecule has 0 atom stereocenters. The summed E-state index contributed by atoms with van der Waals surface area (Å²) < 4.78 is 0. The SMILES string of the molecule is N#Cc1ccc(N)cc1Nc1cc(N)ccc1O. The molecular formula is C13H12N4O. The summed E-state index contributed by atoms with van der Waals surface area (Å²) in [5.74, 6) is 0.0514. The van der Waals surface area contributed by atoms with E-state index in [0.29, 0.717) is 28.3 Å². The number of nitrogen functional groups attached to an aromatic ring is 2. The number of phenols is 1. The first-order valence-corrected chi connectivity index (χ1v) is 5.25. The highest BCUT2D eigenvalue weighted by molar-refractivity contribution is 5.75. The van der Waals surface area contributed by atoms with Crippen LogP contribution in [0.4, 0.5) is 22.7 Å². The minimum Gasteiger partial charge on any atom is -0.506 e. The number of nitrogens with two attached hydrogens (primary N) is 2. The summed E-state index contributed by atoms with van der Waals surface area (Å²) in [6, 6.07) is 11.6. The number of aromatic hydroxyl groups is 1. The van der Waals surface area contributed by atoms with Crippen LogP contribution in [-0.2, 0) is 0 Å². The smallest absolute Gasteiger partial charge is 0.139 e. The van der Waals surface area contributed by atoms with Crippen molar-refractivity contribution in [1.82, 2.24) is 0 Å². The van der Waals surface area contributed by atoms with Gasteiger partial charge in [-0.25, -0.2) is 0 Å². The molecule has 18 heavy (non-hydrogen) atoms. The van der Waals surface area contributed by atoms with E-state index in [1.54, 1.807) is 30.3 Å². The molecule has 0 heterocycles. The van der Waals surface area contributed by atoms with E-state index < -0.39 is 0 Å². The highest BCUT2D eigenvalue weighted by Gasteiger charge is 2.06. The Kier molecular flexibility index (Phi) is 2.94. The zero-order chi connectivity index (χ0) is 13.1. The van der Waals surface area contributed by atoms with Gasteiger partial charge in [-0.05, 0) is 36.4 Å². The molecule has 0 bridgehead atoms. The van der Waals surface area contributed by atoms with Crippen LogP contribution >= 0.6 is 0 Å². The van der Waals surface area contributed by atoms with Gasteiger partial charge in [0.1, 0.15) is 11.8 Å². The van der Waals surface area contributed by atoms with Crippen LogP contribution in [0.15, 0.2) is 36.4 Å². The van der Waals surface area contributed by atoms with E-state index >= 15 is 0 Å². The highest BCUT2D eigenvalue weighted by Crippen LogP contribution is 2.30. The predicted molar refractivity (Wildman–Crippen MR) is 71.4 cm³/mol. The van der Waals surface area contributed by atoms with Gasteiger partial charge in [0.15, 0.2) is 0 Å². The molecule has 0 fully saturated rings. The van der Waals surface area contributed by atoms with Gasteiger partial charge in [-0.1, -0.05) is 0 Å². The number of hydrogen-bond donors (Lipinski definition) is 4. The average molecular weight is 240 g/mol. The molecule has 90 valence electrons. The van der Waals surface area contributed by atoms with Crippen LogP contribution in [0.1, 0.15) is 5.56 Å². The van der Waals surface area contributed by atoms with Gasteiger partial charge in [0.05, 0.1) is 16.9 Å². The Hall–Kier alpha value is -2.87. The van der Waals surface area contributed by atoms with Gasteiger partial charge in [0, 0.05) is 11.4 Å². The van der Waals surface area contributed by atoms with E-state index in [1.165, 1.54) is 6.07 Å². The van der Waals surface area contributed by atoms with Crippen molar-refractivity contribution in [3.05, 3.63) is 42.0 Å². The van der Waals surface area contributed by atoms with Gasteiger partial charge < -0.3 is 21.9 Å². The van der Waals surface area contributed by atoms with E-state index in [1.807, 2.05) is 6.07 Å². The van der Waals surface area contributed by atoms with Crippen LogP contribution in [0, 0.1) is 11.3 Å². The van der Waals surface area contributed by atoms with Gasteiger partial charge in [-0.3, -0.25) is 0 Å². The maximum absolute atomic E-state index is 9.70. The van der Waals surface area contributed by atoms with Crippen molar-refractivity contribution in [3.8, 4) is 11.8 Å². The summed E-state index contributed by atoms with van der Waals surface area (Å²) in [4.78, 5) is 0.